The number of aromatic amines is 1. The number of nitrogens with one attached hydrogen (secondary N) is 2. The zero-order valence-electron chi connectivity index (χ0n) is 18.5. The van der Waals surface area contributed by atoms with Crippen LogP contribution in [-0.2, 0) is 6.54 Å². The predicted molar refractivity (Wildman–Crippen MR) is 118 cm³/mol. The maximum atomic E-state index is 12.7. The van der Waals surface area contributed by atoms with Gasteiger partial charge in [-0.1, -0.05) is 5.16 Å². The number of rotatable bonds is 4. The molecule has 4 aromatic rings. The number of carbonyl (C=O) groups is 1. The summed E-state index contributed by atoms with van der Waals surface area (Å²) in [7, 11) is 0. The Hall–Kier alpha value is -1.14. The van der Waals surface area contributed by atoms with Gasteiger partial charge in [0.1, 0.15) is 5.82 Å². The first kappa shape index (κ1) is 24.5. The van der Waals surface area contributed by atoms with Crippen LogP contribution in [0, 0.1) is 14.4 Å². The summed E-state index contributed by atoms with van der Waals surface area (Å²) in [6.45, 7) is 6.19. The number of benzene rings is 1. The maximum absolute atomic E-state index is 12.7. The molecule has 1 aromatic carbocycles. The third kappa shape index (κ3) is 5.11. The molecule has 4 heterocycles. The maximum Gasteiger partial charge on any atom is 1.00 e. The van der Waals surface area contributed by atoms with Crippen LogP contribution in [-0.4, -0.2) is 38.5 Å². The molecule has 0 spiro atoms. The van der Waals surface area contributed by atoms with Crippen molar-refractivity contribution in [1.82, 2.24) is 20.0 Å². The molecule has 2 N–H and O–H groups in total. The van der Waals surface area contributed by atoms with E-state index in [0.717, 1.165) is 35.1 Å². The second-order valence-corrected chi connectivity index (χ2v) is 7.85. The minimum absolute atomic E-state index is 0. The van der Waals surface area contributed by atoms with Gasteiger partial charge in [0.25, 0.3) is 5.91 Å². The van der Waals surface area contributed by atoms with Crippen molar-refractivity contribution in [3.05, 3.63) is 60.9 Å². The van der Waals surface area contributed by atoms with Crippen LogP contribution in [0.5, 0.6) is 0 Å². The van der Waals surface area contributed by atoms with E-state index in [1.54, 1.807) is 24.4 Å². The van der Waals surface area contributed by atoms with Gasteiger partial charge >= 0.3 is 68.9 Å². The third-order valence-corrected chi connectivity index (χ3v) is 5.78. The molecule has 156 valence electrons. The largest absolute Gasteiger partial charge is 1.00 e. The van der Waals surface area contributed by atoms with Crippen molar-refractivity contribution in [3.8, 4) is 0 Å². The summed E-state index contributed by atoms with van der Waals surface area (Å²) in [5.74, 6) is 0.310. The van der Waals surface area contributed by atoms with E-state index >= 15 is 0 Å². The number of nitrogens with zero attached hydrogens (tertiary/aromatic N) is 3. The summed E-state index contributed by atoms with van der Waals surface area (Å²) < 4.78 is 5.20. The normalized spacial score (nSPS) is 16.3. The predicted octanol–water partition coefficient (Wildman–Crippen LogP) is 1.70. The van der Waals surface area contributed by atoms with Gasteiger partial charge in [0, 0.05) is 46.9 Å². The second-order valence-electron chi connectivity index (χ2n) is 7.85. The van der Waals surface area contributed by atoms with E-state index in [1.165, 1.54) is 18.5 Å². The van der Waals surface area contributed by atoms with Crippen LogP contribution < -0.4 is 74.2 Å². The Morgan fingerprint density at radius 3 is 2.94 bits per heavy atom. The van der Waals surface area contributed by atoms with Crippen LogP contribution in [0.3, 0.4) is 0 Å². The van der Waals surface area contributed by atoms with Gasteiger partial charge in [-0.2, -0.15) is 0 Å². The number of anilines is 1. The SMILES string of the molecule is Cc1noc2ccc(C(=O)Nc3cc4[nH]c(CN5CCCC5C)cc4cn3)cc12.[CH3-].[Cs+]. The zero-order chi connectivity index (χ0) is 20.0. The first-order valence-electron chi connectivity index (χ1n) is 9.96. The Kier molecular flexibility index (Phi) is 8.06. The van der Waals surface area contributed by atoms with E-state index in [9.17, 15) is 4.79 Å². The average molecular weight is 537 g/mol. The van der Waals surface area contributed by atoms with E-state index < -0.39 is 0 Å². The van der Waals surface area contributed by atoms with E-state index in [2.05, 4.69) is 38.3 Å². The number of amides is 1. The van der Waals surface area contributed by atoms with Crippen molar-refractivity contribution in [2.24, 2.45) is 0 Å². The van der Waals surface area contributed by atoms with Crippen molar-refractivity contribution in [1.29, 1.82) is 0 Å². The molecule has 0 bridgehead atoms. The minimum atomic E-state index is -0.211. The van der Waals surface area contributed by atoms with Gasteiger partial charge in [-0.3, -0.25) is 9.69 Å². The molecule has 8 heteroatoms. The molecule has 1 unspecified atom stereocenters. The van der Waals surface area contributed by atoms with E-state index in [1.807, 2.05) is 13.0 Å². The quantitative estimate of drug-likeness (QED) is 0.388. The Morgan fingerprint density at radius 2 is 2.16 bits per heavy atom. The molecule has 1 aliphatic heterocycles. The molecule has 31 heavy (non-hydrogen) atoms. The van der Waals surface area contributed by atoms with Gasteiger partial charge in [-0.05, 0) is 57.5 Å². The summed E-state index contributed by atoms with van der Waals surface area (Å²) in [5, 5.41) is 8.70. The molecule has 0 saturated carbocycles. The summed E-state index contributed by atoms with van der Waals surface area (Å²) in [6, 6.07) is 9.93. The molecule has 1 saturated heterocycles. The van der Waals surface area contributed by atoms with E-state index in [0.29, 0.717) is 23.0 Å². The number of pyridine rings is 1. The molecule has 3 aromatic heterocycles. The van der Waals surface area contributed by atoms with Crippen molar-refractivity contribution < 1.29 is 78.2 Å². The number of hydrogen-bond acceptors (Lipinski definition) is 5. The molecule has 0 radical (unpaired) electrons. The Bertz CT molecular complexity index is 1220. The number of carbonyl (C=O) groups excluding carboxylic acids is 1. The van der Waals surface area contributed by atoms with Gasteiger partial charge < -0.3 is 22.3 Å². The summed E-state index contributed by atoms with van der Waals surface area (Å²) in [4.78, 5) is 23.0. The number of hydrogen-bond donors (Lipinski definition) is 2. The van der Waals surface area contributed by atoms with Crippen LogP contribution in [0.2, 0.25) is 0 Å². The van der Waals surface area contributed by atoms with Crippen LogP contribution >= 0.6 is 0 Å². The Balaban J connectivity index is 0.00000136. The fourth-order valence-electron chi connectivity index (χ4n) is 4.07. The Morgan fingerprint density at radius 1 is 1.32 bits per heavy atom. The number of aromatic nitrogens is 3. The monoisotopic (exact) mass is 537 g/mol. The van der Waals surface area contributed by atoms with Crippen LogP contribution in [0.15, 0.2) is 41.1 Å². The number of likely N-dealkylation sites (tertiary alicyclic amines) is 1. The topological polar surface area (TPSA) is 87.0 Å². The molecule has 1 aliphatic rings. The summed E-state index contributed by atoms with van der Waals surface area (Å²) >= 11 is 0. The average Bonchev–Trinajstić information content (AvgIpc) is 3.41. The molecule has 7 nitrogen and oxygen atoms in total. The van der Waals surface area contributed by atoms with Gasteiger partial charge in [0.05, 0.1) is 11.2 Å². The van der Waals surface area contributed by atoms with Gasteiger partial charge in [0.2, 0.25) is 0 Å². The summed E-state index contributed by atoms with van der Waals surface area (Å²) in [5.41, 5.74) is 4.13. The van der Waals surface area contributed by atoms with Crippen molar-refractivity contribution in [2.75, 3.05) is 11.9 Å². The Labute approximate surface area is 240 Å². The molecular formula is C23H26CsN5O2. The zero-order valence-corrected chi connectivity index (χ0v) is 24.8. The second kappa shape index (κ2) is 10.2. The number of H-pyrrole nitrogens is 1. The molecule has 5 rings (SSSR count). The minimum Gasteiger partial charge on any atom is -0.358 e. The van der Waals surface area contributed by atoms with Crippen LogP contribution in [0.25, 0.3) is 21.9 Å². The van der Waals surface area contributed by atoms with Crippen molar-refractivity contribution in [3.63, 3.8) is 0 Å². The van der Waals surface area contributed by atoms with Crippen LogP contribution in [0.1, 0.15) is 41.5 Å². The number of fused-ring (bicyclic) bond motifs is 2. The fraction of sp³-hybridized carbons (Fsp3) is 0.304. The fourth-order valence-corrected chi connectivity index (χ4v) is 4.07. The molecule has 1 fully saturated rings. The molecular weight excluding hydrogens is 511 g/mol. The van der Waals surface area contributed by atoms with Gasteiger partial charge in [0.15, 0.2) is 5.58 Å². The third-order valence-electron chi connectivity index (χ3n) is 5.78. The van der Waals surface area contributed by atoms with Crippen molar-refractivity contribution in [2.45, 2.75) is 39.3 Å². The van der Waals surface area contributed by atoms with Gasteiger partial charge in [-0.25, -0.2) is 4.98 Å². The molecule has 1 atom stereocenters. The van der Waals surface area contributed by atoms with E-state index in [4.69, 9.17) is 4.52 Å². The standard InChI is InChI=1S/C22H23N5O2.CH3.Cs/c1-13-4-3-7-27(13)12-17-8-16-11-23-21(10-19(16)24-17)25-22(28)15-5-6-20-18(9-15)14(2)26-29-20;;/h5-6,8-11,13,24H,3-4,7,12H2,1-2H3,(H,23,25,28);1H3;/q;-1;+1. The van der Waals surface area contributed by atoms with Gasteiger partial charge in [-0.15, -0.1) is 0 Å². The van der Waals surface area contributed by atoms with Crippen LogP contribution in [0.4, 0.5) is 5.82 Å². The molecule has 1 amide bonds. The first-order chi connectivity index (χ1) is 14.1. The molecule has 0 aliphatic carbocycles. The first-order valence-corrected chi connectivity index (χ1v) is 9.96. The summed E-state index contributed by atoms with van der Waals surface area (Å²) in [6.07, 6.45) is 4.32. The van der Waals surface area contributed by atoms with E-state index in [-0.39, 0.29) is 82.2 Å². The smallest absolute Gasteiger partial charge is 0.358 e. The number of aryl methyl sites for hydroxylation is 1. The van der Waals surface area contributed by atoms with Crippen molar-refractivity contribution >= 4 is 33.6 Å².